The molecule has 0 radical (unpaired) electrons. The molecule has 0 aliphatic rings. The van der Waals surface area contributed by atoms with Crippen LogP contribution in [0.1, 0.15) is 11.1 Å². The van der Waals surface area contributed by atoms with Crippen molar-refractivity contribution in [2.24, 2.45) is 0 Å². The van der Waals surface area contributed by atoms with Crippen molar-refractivity contribution in [1.29, 1.82) is 5.26 Å². The van der Waals surface area contributed by atoms with Gasteiger partial charge >= 0.3 is 0 Å². The molecule has 2 aromatic heterocycles. The highest BCUT2D eigenvalue weighted by Crippen LogP contribution is 2.27. The Morgan fingerprint density at radius 3 is 2.87 bits per heavy atom. The monoisotopic (exact) mass is 322 g/mol. The topological polar surface area (TPSA) is 67.6 Å². The van der Waals surface area contributed by atoms with Crippen LogP contribution in [0.2, 0.25) is 0 Å². The van der Waals surface area contributed by atoms with Gasteiger partial charge in [-0.3, -0.25) is 4.57 Å². The number of hydrogen-bond acceptors (Lipinski definition) is 5. The molecule has 3 aromatic rings. The SMILES string of the molecule is C=CCn1c(SCc2ccccc2C#N)nnc1-c1ccco1. The van der Waals surface area contributed by atoms with E-state index >= 15 is 0 Å². The van der Waals surface area contributed by atoms with E-state index in [4.69, 9.17) is 9.68 Å². The van der Waals surface area contributed by atoms with E-state index in [9.17, 15) is 0 Å². The number of allylic oxidation sites excluding steroid dienone is 1. The number of hydrogen-bond donors (Lipinski definition) is 0. The van der Waals surface area contributed by atoms with Gasteiger partial charge in [0.2, 0.25) is 5.82 Å². The summed E-state index contributed by atoms with van der Waals surface area (Å²) in [6.45, 7) is 4.37. The summed E-state index contributed by atoms with van der Waals surface area (Å²) in [5.41, 5.74) is 1.66. The third-order valence-corrected chi connectivity index (χ3v) is 4.28. The van der Waals surface area contributed by atoms with Gasteiger partial charge in [0.25, 0.3) is 0 Å². The number of nitrogens with zero attached hydrogens (tertiary/aromatic N) is 4. The predicted octanol–water partition coefficient (Wildman–Crippen LogP) is 3.89. The van der Waals surface area contributed by atoms with Gasteiger partial charge in [-0.25, -0.2) is 0 Å². The van der Waals surface area contributed by atoms with Crippen LogP contribution in [0.15, 0.2) is 64.9 Å². The minimum absolute atomic E-state index is 0.589. The zero-order valence-corrected chi connectivity index (χ0v) is 13.2. The fourth-order valence-electron chi connectivity index (χ4n) is 2.17. The Bertz CT molecular complexity index is 846. The number of benzene rings is 1. The first-order valence-electron chi connectivity index (χ1n) is 7.02. The van der Waals surface area contributed by atoms with Crippen molar-refractivity contribution in [3.63, 3.8) is 0 Å². The quantitative estimate of drug-likeness (QED) is 0.509. The van der Waals surface area contributed by atoms with Crippen LogP contribution in [0.4, 0.5) is 0 Å². The summed E-state index contributed by atoms with van der Waals surface area (Å²) >= 11 is 1.54. The molecule has 0 amide bonds. The second-order valence-electron chi connectivity index (χ2n) is 4.74. The van der Waals surface area contributed by atoms with Crippen LogP contribution in [0, 0.1) is 11.3 Å². The van der Waals surface area contributed by atoms with Crippen molar-refractivity contribution in [2.75, 3.05) is 0 Å². The average molecular weight is 322 g/mol. The molecule has 0 aliphatic carbocycles. The van der Waals surface area contributed by atoms with Crippen LogP contribution in [0.5, 0.6) is 0 Å². The lowest BCUT2D eigenvalue weighted by atomic mass is 10.1. The third-order valence-electron chi connectivity index (χ3n) is 3.26. The van der Waals surface area contributed by atoms with E-state index in [1.165, 1.54) is 11.8 Å². The molecular formula is C17H14N4OS. The Balaban J connectivity index is 1.86. The van der Waals surface area contributed by atoms with Crippen molar-refractivity contribution < 1.29 is 4.42 Å². The summed E-state index contributed by atoms with van der Waals surface area (Å²) in [6.07, 6.45) is 3.40. The van der Waals surface area contributed by atoms with Crippen molar-refractivity contribution in [1.82, 2.24) is 14.8 Å². The number of aromatic nitrogens is 3. The summed E-state index contributed by atoms with van der Waals surface area (Å²) < 4.78 is 7.36. The first-order chi connectivity index (χ1) is 11.3. The number of furan rings is 1. The van der Waals surface area contributed by atoms with Gasteiger partial charge in [-0.1, -0.05) is 36.0 Å². The molecule has 2 heterocycles. The van der Waals surface area contributed by atoms with Crippen LogP contribution >= 0.6 is 11.8 Å². The normalized spacial score (nSPS) is 10.4. The summed E-state index contributed by atoms with van der Waals surface area (Å²) in [4.78, 5) is 0. The minimum atomic E-state index is 0.589. The first kappa shape index (κ1) is 15.1. The molecule has 0 atom stereocenters. The molecule has 114 valence electrons. The van der Waals surface area contributed by atoms with E-state index in [0.717, 1.165) is 10.7 Å². The Morgan fingerprint density at radius 1 is 1.26 bits per heavy atom. The molecule has 0 saturated carbocycles. The molecule has 0 N–H and O–H groups in total. The molecule has 0 fully saturated rings. The summed E-state index contributed by atoms with van der Waals surface area (Å²) in [7, 11) is 0. The summed E-state index contributed by atoms with van der Waals surface area (Å²) in [5.74, 6) is 1.99. The lowest BCUT2D eigenvalue weighted by molar-refractivity contribution is 0.569. The van der Waals surface area contributed by atoms with Crippen molar-refractivity contribution >= 4 is 11.8 Å². The zero-order valence-electron chi connectivity index (χ0n) is 12.3. The molecule has 0 aliphatic heterocycles. The molecule has 23 heavy (non-hydrogen) atoms. The third kappa shape index (κ3) is 3.20. The number of thioether (sulfide) groups is 1. The highest BCUT2D eigenvalue weighted by Gasteiger charge is 2.15. The molecule has 0 unspecified atom stereocenters. The lowest BCUT2D eigenvalue weighted by Crippen LogP contribution is -2.00. The molecule has 0 spiro atoms. The molecule has 5 nitrogen and oxygen atoms in total. The summed E-state index contributed by atoms with van der Waals surface area (Å²) in [5, 5.41) is 18.4. The number of nitriles is 1. The Kier molecular flexibility index (Phi) is 4.60. The van der Waals surface area contributed by atoms with Crippen LogP contribution in [-0.4, -0.2) is 14.8 Å². The van der Waals surface area contributed by atoms with Crippen LogP contribution in [0.25, 0.3) is 11.6 Å². The maximum atomic E-state index is 9.17. The average Bonchev–Trinajstić information content (AvgIpc) is 3.23. The molecule has 3 rings (SSSR count). The van der Waals surface area contributed by atoms with Crippen LogP contribution in [-0.2, 0) is 12.3 Å². The highest BCUT2D eigenvalue weighted by atomic mass is 32.2. The molecular weight excluding hydrogens is 308 g/mol. The smallest absolute Gasteiger partial charge is 0.200 e. The van der Waals surface area contributed by atoms with Gasteiger partial charge in [0, 0.05) is 12.3 Å². The first-order valence-corrected chi connectivity index (χ1v) is 8.01. The van der Waals surface area contributed by atoms with Crippen molar-refractivity contribution in [3.8, 4) is 17.7 Å². The second-order valence-corrected chi connectivity index (χ2v) is 5.68. The van der Waals surface area contributed by atoms with Gasteiger partial charge in [-0.05, 0) is 23.8 Å². The summed E-state index contributed by atoms with van der Waals surface area (Å²) in [6, 6.07) is 13.4. The van der Waals surface area contributed by atoms with E-state index in [2.05, 4.69) is 22.8 Å². The standard InChI is InChI=1S/C17H14N4OS/c1-2-9-21-16(15-8-5-10-22-15)19-20-17(21)23-12-14-7-4-3-6-13(14)11-18/h2-8,10H,1,9,12H2. The number of rotatable bonds is 6. The van der Waals surface area contributed by atoms with E-state index in [0.29, 0.717) is 29.4 Å². The van der Waals surface area contributed by atoms with E-state index < -0.39 is 0 Å². The Hall–Kier alpha value is -2.78. The molecule has 0 bridgehead atoms. The van der Waals surface area contributed by atoms with Gasteiger partial charge in [0.05, 0.1) is 17.9 Å². The lowest BCUT2D eigenvalue weighted by Gasteiger charge is -2.07. The van der Waals surface area contributed by atoms with E-state index in [-0.39, 0.29) is 0 Å². The molecule has 6 heteroatoms. The van der Waals surface area contributed by atoms with Gasteiger partial charge < -0.3 is 4.42 Å². The second kappa shape index (κ2) is 6.99. The fourth-order valence-corrected chi connectivity index (χ4v) is 3.13. The highest BCUT2D eigenvalue weighted by molar-refractivity contribution is 7.98. The van der Waals surface area contributed by atoms with E-state index in [1.807, 2.05) is 41.0 Å². The molecule has 1 aromatic carbocycles. The Labute approximate surface area is 138 Å². The largest absolute Gasteiger partial charge is 0.461 e. The van der Waals surface area contributed by atoms with Crippen LogP contribution in [0.3, 0.4) is 0 Å². The maximum Gasteiger partial charge on any atom is 0.200 e. The predicted molar refractivity (Wildman–Crippen MR) is 88.6 cm³/mol. The van der Waals surface area contributed by atoms with Gasteiger partial charge in [0.1, 0.15) is 0 Å². The van der Waals surface area contributed by atoms with Crippen LogP contribution < -0.4 is 0 Å². The van der Waals surface area contributed by atoms with Gasteiger partial charge in [-0.15, -0.1) is 16.8 Å². The molecule has 0 saturated heterocycles. The fraction of sp³-hybridized carbons (Fsp3) is 0.118. The Morgan fingerprint density at radius 2 is 2.13 bits per heavy atom. The van der Waals surface area contributed by atoms with Crippen molar-refractivity contribution in [2.45, 2.75) is 17.5 Å². The zero-order chi connectivity index (χ0) is 16.1. The van der Waals surface area contributed by atoms with E-state index in [1.54, 1.807) is 12.3 Å². The van der Waals surface area contributed by atoms with Gasteiger partial charge in [0.15, 0.2) is 10.9 Å². The maximum absolute atomic E-state index is 9.17. The van der Waals surface area contributed by atoms with Gasteiger partial charge in [-0.2, -0.15) is 5.26 Å². The van der Waals surface area contributed by atoms with Crippen molar-refractivity contribution in [3.05, 3.63) is 66.4 Å². The minimum Gasteiger partial charge on any atom is -0.461 e.